The fraction of sp³-hybridized carbons (Fsp3) is 0.148. The fourth-order valence-electron chi connectivity index (χ4n) is 4.30. The normalized spacial score (nSPS) is 11.0. The van der Waals surface area contributed by atoms with Crippen LogP contribution in [0, 0.1) is 10.8 Å². The summed E-state index contributed by atoms with van der Waals surface area (Å²) in [5, 5.41) is 22.8. The maximum atomic E-state index is 8.02. The minimum Gasteiger partial charge on any atom is -0.360 e. The highest BCUT2D eigenvalue weighted by Crippen LogP contribution is 2.33. The topological polar surface area (TPSA) is 123 Å². The molecule has 2 aromatic heterocycles. The molecular weight excluding hydrogens is 450 g/mol. The van der Waals surface area contributed by atoms with Crippen LogP contribution in [0.5, 0.6) is 0 Å². The summed E-state index contributed by atoms with van der Waals surface area (Å²) in [7, 11) is 7.20. The molecule has 0 spiro atoms. The quantitative estimate of drug-likeness (QED) is 0.167. The molecule has 0 atom stereocenters. The smallest absolute Gasteiger partial charge is 0.195 e. The Morgan fingerprint density at radius 1 is 0.778 bits per heavy atom. The van der Waals surface area contributed by atoms with E-state index in [1.54, 1.807) is 23.9 Å². The molecular formula is C27H29N9. The lowest BCUT2D eigenvalue weighted by molar-refractivity contribution is 1.06. The van der Waals surface area contributed by atoms with Crippen molar-refractivity contribution in [2.45, 2.75) is 0 Å². The number of H-pyrrole nitrogens is 2. The molecule has 5 rings (SSSR count). The number of nitrogens with one attached hydrogen (secondary N) is 6. The van der Waals surface area contributed by atoms with Crippen molar-refractivity contribution in [2.75, 3.05) is 38.0 Å². The minimum absolute atomic E-state index is 0.318. The van der Waals surface area contributed by atoms with Gasteiger partial charge in [-0.15, -0.1) is 0 Å². The predicted molar refractivity (Wildman–Crippen MR) is 149 cm³/mol. The Bertz CT molecular complexity index is 1580. The fourth-order valence-corrected chi connectivity index (χ4v) is 4.30. The Kier molecular flexibility index (Phi) is 5.81. The summed E-state index contributed by atoms with van der Waals surface area (Å²) in [6.07, 6.45) is 1.98. The summed E-state index contributed by atoms with van der Waals surface area (Å²) in [5.74, 6) is 1.45. The van der Waals surface area contributed by atoms with Gasteiger partial charge < -0.3 is 30.4 Å². The van der Waals surface area contributed by atoms with Crippen LogP contribution in [0.25, 0.3) is 44.5 Å². The first-order valence-electron chi connectivity index (χ1n) is 11.6. The number of guanidine groups is 2. The lowest BCUT2D eigenvalue weighted by Gasteiger charge is -2.19. The van der Waals surface area contributed by atoms with Gasteiger partial charge in [0, 0.05) is 62.2 Å². The summed E-state index contributed by atoms with van der Waals surface area (Å²) in [6.45, 7) is 0. The summed E-state index contributed by atoms with van der Waals surface area (Å²) < 4.78 is 0. The van der Waals surface area contributed by atoms with E-state index in [0.717, 1.165) is 55.8 Å². The zero-order valence-corrected chi connectivity index (χ0v) is 20.7. The van der Waals surface area contributed by atoms with E-state index in [2.05, 4.69) is 50.9 Å². The van der Waals surface area contributed by atoms with Crippen molar-refractivity contribution in [1.29, 1.82) is 10.8 Å². The average molecular weight is 480 g/mol. The molecule has 0 aliphatic heterocycles. The Labute approximate surface area is 209 Å². The maximum Gasteiger partial charge on any atom is 0.195 e. The van der Waals surface area contributed by atoms with Crippen LogP contribution in [0.15, 0.2) is 66.9 Å². The Balaban J connectivity index is 1.49. The number of imidazole rings is 1. The van der Waals surface area contributed by atoms with Gasteiger partial charge in [-0.25, -0.2) is 4.98 Å². The second-order valence-electron chi connectivity index (χ2n) is 8.61. The molecule has 0 aliphatic rings. The number of hydrogen-bond acceptors (Lipinski definition) is 3. The zero-order valence-electron chi connectivity index (χ0n) is 20.7. The van der Waals surface area contributed by atoms with Crippen molar-refractivity contribution in [3.8, 4) is 22.5 Å². The number of hydrogen-bond donors (Lipinski definition) is 6. The van der Waals surface area contributed by atoms with E-state index in [4.69, 9.17) is 15.8 Å². The van der Waals surface area contributed by atoms with E-state index in [0.29, 0.717) is 11.9 Å². The first-order chi connectivity index (χ1) is 17.4. The number of benzene rings is 3. The molecule has 0 saturated heterocycles. The van der Waals surface area contributed by atoms with Crippen molar-refractivity contribution in [3.63, 3.8) is 0 Å². The van der Waals surface area contributed by atoms with Gasteiger partial charge in [0.05, 0.1) is 11.0 Å². The maximum absolute atomic E-state index is 8.02. The zero-order chi connectivity index (χ0) is 25.4. The number of aromatic amines is 2. The second-order valence-corrected chi connectivity index (χ2v) is 8.61. The third-order valence-corrected chi connectivity index (χ3v) is 6.52. The largest absolute Gasteiger partial charge is 0.360 e. The van der Waals surface area contributed by atoms with Crippen LogP contribution in [-0.4, -0.2) is 55.1 Å². The van der Waals surface area contributed by atoms with E-state index >= 15 is 0 Å². The second kappa shape index (κ2) is 9.10. The van der Waals surface area contributed by atoms with Crippen LogP contribution in [0.1, 0.15) is 0 Å². The molecule has 0 amide bonds. The van der Waals surface area contributed by atoms with Crippen molar-refractivity contribution in [1.82, 2.24) is 25.6 Å². The molecule has 9 heteroatoms. The molecule has 0 fully saturated rings. The van der Waals surface area contributed by atoms with Gasteiger partial charge in [-0.3, -0.25) is 10.8 Å². The van der Waals surface area contributed by atoms with Gasteiger partial charge >= 0.3 is 0 Å². The standard InChI is InChI=1S/C27H29N9/c1-30-26(28)35(3)18-8-5-16(6-9-18)17-7-11-22-20(13-17)21(15-32-22)25-33-23-12-10-19(14-24(23)34-25)36(4)27(29)31-2/h5-15,32H,1-4H3,(H2,28,30)(H2,29,31)(H,33,34). The van der Waals surface area contributed by atoms with E-state index < -0.39 is 0 Å². The molecule has 9 nitrogen and oxygen atoms in total. The summed E-state index contributed by atoms with van der Waals surface area (Å²) in [4.78, 5) is 15.2. The van der Waals surface area contributed by atoms with Gasteiger partial charge in [-0.1, -0.05) is 18.2 Å². The number of aromatic nitrogens is 3. The number of rotatable bonds is 4. The van der Waals surface area contributed by atoms with E-state index in [-0.39, 0.29) is 0 Å². The Hall–Kier alpha value is -4.79. The van der Waals surface area contributed by atoms with Crippen LogP contribution in [-0.2, 0) is 0 Å². The van der Waals surface area contributed by atoms with E-state index in [1.807, 2.05) is 50.6 Å². The molecule has 36 heavy (non-hydrogen) atoms. The molecule has 0 aliphatic carbocycles. The highest BCUT2D eigenvalue weighted by Gasteiger charge is 2.14. The number of fused-ring (bicyclic) bond motifs is 2. The first kappa shape index (κ1) is 23.0. The van der Waals surface area contributed by atoms with Crippen LogP contribution >= 0.6 is 0 Å². The first-order valence-corrected chi connectivity index (χ1v) is 11.6. The third-order valence-electron chi connectivity index (χ3n) is 6.52. The molecule has 0 bridgehead atoms. The average Bonchev–Trinajstić information content (AvgIpc) is 3.54. The minimum atomic E-state index is 0.318. The van der Waals surface area contributed by atoms with Gasteiger partial charge in [0.2, 0.25) is 0 Å². The summed E-state index contributed by atoms with van der Waals surface area (Å²) >= 11 is 0. The van der Waals surface area contributed by atoms with E-state index in [9.17, 15) is 0 Å². The van der Waals surface area contributed by atoms with Crippen LogP contribution in [0.2, 0.25) is 0 Å². The van der Waals surface area contributed by atoms with Gasteiger partial charge in [0.25, 0.3) is 0 Å². The summed E-state index contributed by atoms with van der Waals surface area (Å²) in [6, 6.07) is 20.5. The van der Waals surface area contributed by atoms with E-state index in [1.165, 1.54) is 0 Å². The summed E-state index contributed by atoms with van der Waals surface area (Å²) in [5.41, 5.74) is 7.87. The van der Waals surface area contributed by atoms with Gasteiger partial charge in [-0.05, 0) is 53.6 Å². The highest BCUT2D eigenvalue weighted by atomic mass is 15.3. The number of nitrogens with zero attached hydrogens (tertiary/aromatic N) is 3. The van der Waals surface area contributed by atoms with Crippen molar-refractivity contribution < 1.29 is 0 Å². The number of anilines is 2. The SMILES string of the molecule is CNC(=N)N(C)c1ccc(-c2ccc3[nH]cc(-c4nc5ccc(N(C)C(=N)NC)cc5[nH]4)c3c2)cc1. The van der Waals surface area contributed by atoms with Crippen molar-refractivity contribution in [3.05, 3.63) is 66.9 Å². The Morgan fingerprint density at radius 3 is 2.11 bits per heavy atom. The van der Waals surface area contributed by atoms with Crippen LogP contribution in [0.4, 0.5) is 11.4 Å². The van der Waals surface area contributed by atoms with Crippen molar-refractivity contribution >= 4 is 45.2 Å². The molecule has 3 aromatic carbocycles. The molecule has 0 saturated carbocycles. The highest BCUT2D eigenvalue weighted by molar-refractivity contribution is 5.99. The molecule has 2 heterocycles. The Morgan fingerprint density at radius 2 is 1.42 bits per heavy atom. The molecule has 0 radical (unpaired) electrons. The lowest BCUT2D eigenvalue weighted by atomic mass is 10.0. The third kappa shape index (κ3) is 4.00. The van der Waals surface area contributed by atoms with Crippen LogP contribution in [0.3, 0.4) is 0 Å². The molecule has 182 valence electrons. The molecule has 5 aromatic rings. The van der Waals surface area contributed by atoms with Crippen molar-refractivity contribution in [2.24, 2.45) is 0 Å². The van der Waals surface area contributed by atoms with Crippen LogP contribution < -0.4 is 20.4 Å². The monoisotopic (exact) mass is 479 g/mol. The van der Waals surface area contributed by atoms with Gasteiger partial charge in [-0.2, -0.15) is 0 Å². The van der Waals surface area contributed by atoms with Gasteiger partial charge in [0.15, 0.2) is 11.9 Å². The van der Waals surface area contributed by atoms with Gasteiger partial charge in [0.1, 0.15) is 5.82 Å². The molecule has 0 unspecified atom stereocenters. The lowest BCUT2D eigenvalue weighted by Crippen LogP contribution is -2.35. The predicted octanol–water partition coefficient (Wildman–Crippen LogP) is 4.56. The molecule has 6 N–H and O–H groups in total.